The van der Waals surface area contributed by atoms with E-state index in [1.54, 1.807) is 0 Å². The van der Waals surface area contributed by atoms with Crippen LogP contribution in [0.15, 0.2) is 36.7 Å². The Balaban J connectivity index is 1.34. The van der Waals surface area contributed by atoms with Crippen LogP contribution in [0.1, 0.15) is 97.5 Å². The molecule has 0 amide bonds. The van der Waals surface area contributed by atoms with Crippen LogP contribution in [0.4, 0.5) is 0 Å². The maximum atomic E-state index is 5.99. The van der Waals surface area contributed by atoms with Gasteiger partial charge in [0.2, 0.25) is 0 Å². The van der Waals surface area contributed by atoms with Gasteiger partial charge in [0.25, 0.3) is 0 Å². The molecule has 1 heterocycles. The van der Waals surface area contributed by atoms with Crippen molar-refractivity contribution in [2.24, 2.45) is 17.3 Å². The van der Waals surface area contributed by atoms with Crippen LogP contribution in [-0.2, 0) is 6.42 Å². The molecule has 1 aromatic heterocycles. The smallest absolute Gasteiger partial charge is 0.159 e. The minimum absolute atomic E-state index is 0.607. The summed E-state index contributed by atoms with van der Waals surface area (Å²) in [6.45, 7) is 10.2. The quantitative estimate of drug-likeness (QED) is 0.263. The van der Waals surface area contributed by atoms with Crippen LogP contribution in [0.25, 0.3) is 11.4 Å². The molecule has 1 aromatic carbocycles. The van der Waals surface area contributed by atoms with Crippen molar-refractivity contribution >= 4 is 0 Å². The molecule has 1 fully saturated rings. The van der Waals surface area contributed by atoms with Gasteiger partial charge in [-0.05, 0) is 79.2 Å². The molecular weight excluding hydrogens is 392 g/mol. The molecule has 0 N–H and O–H groups in total. The van der Waals surface area contributed by atoms with E-state index in [9.17, 15) is 0 Å². The first-order valence-corrected chi connectivity index (χ1v) is 13.0. The highest BCUT2D eigenvalue weighted by Gasteiger charge is 2.44. The molecule has 3 heteroatoms. The molecular formula is C29H44N2O. The SMILES string of the molecule is CCCCCCCCc1cnc(-c2ccc(OCCC(C)CCC3CC3(C)C)cc2)nc1. The second-order valence-corrected chi connectivity index (χ2v) is 10.7. The van der Waals surface area contributed by atoms with Gasteiger partial charge in [0.1, 0.15) is 5.75 Å². The van der Waals surface area contributed by atoms with E-state index in [0.29, 0.717) is 5.41 Å². The standard InChI is InChI=1S/C29H44N2O/c1-5-6-7-8-9-10-11-24-21-30-28(31-22-24)25-13-16-27(17-14-25)32-19-18-23(2)12-15-26-20-29(26,3)4/h13-14,16-17,21-23,26H,5-12,15,18-20H2,1-4H3. The molecule has 1 aliphatic carbocycles. The van der Waals surface area contributed by atoms with E-state index in [1.807, 2.05) is 24.5 Å². The molecule has 3 nitrogen and oxygen atoms in total. The number of hydrogen-bond acceptors (Lipinski definition) is 3. The predicted octanol–water partition coefficient (Wildman–Crippen LogP) is 8.28. The van der Waals surface area contributed by atoms with Crippen molar-refractivity contribution in [1.82, 2.24) is 9.97 Å². The van der Waals surface area contributed by atoms with Crippen molar-refractivity contribution in [1.29, 1.82) is 0 Å². The van der Waals surface area contributed by atoms with Crippen molar-refractivity contribution in [3.8, 4) is 17.1 Å². The van der Waals surface area contributed by atoms with Gasteiger partial charge in [-0.2, -0.15) is 0 Å². The van der Waals surface area contributed by atoms with Gasteiger partial charge in [0, 0.05) is 18.0 Å². The first kappa shape index (κ1) is 24.7. The number of aromatic nitrogens is 2. The maximum Gasteiger partial charge on any atom is 0.159 e. The molecule has 32 heavy (non-hydrogen) atoms. The fourth-order valence-corrected chi connectivity index (χ4v) is 4.52. The molecule has 2 aromatic rings. The van der Waals surface area contributed by atoms with Crippen LogP contribution in [-0.4, -0.2) is 16.6 Å². The van der Waals surface area contributed by atoms with Crippen molar-refractivity contribution in [3.05, 3.63) is 42.2 Å². The summed E-state index contributed by atoms with van der Waals surface area (Å²) in [6, 6.07) is 8.22. The van der Waals surface area contributed by atoms with Crippen LogP contribution < -0.4 is 4.74 Å². The van der Waals surface area contributed by atoms with Gasteiger partial charge in [0.15, 0.2) is 5.82 Å². The summed E-state index contributed by atoms with van der Waals surface area (Å²) in [7, 11) is 0. The number of ether oxygens (including phenoxy) is 1. The first-order chi connectivity index (χ1) is 15.5. The normalized spacial score (nSPS) is 17.8. The Kier molecular flexibility index (Phi) is 9.56. The van der Waals surface area contributed by atoms with Gasteiger partial charge in [-0.3, -0.25) is 0 Å². The second-order valence-electron chi connectivity index (χ2n) is 10.7. The topological polar surface area (TPSA) is 35.0 Å². The maximum absolute atomic E-state index is 5.99. The van der Waals surface area contributed by atoms with Crippen LogP contribution in [0.3, 0.4) is 0 Å². The Morgan fingerprint density at radius 3 is 2.28 bits per heavy atom. The lowest BCUT2D eigenvalue weighted by Crippen LogP contribution is -2.05. The molecule has 0 aliphatic heterocycles. The Bertz CT molecular complexity index is 782. The molecule has 1 saturated carbocycles. The van der Waals surface area contributed by atoms with Crippen molar-refractivity contribution in [2.75, 3.05) is 6.61 Å². The summed E-state index contributed by atoms with van der Waals surface area (Å²) in [6.07, 6.45) is 18.2. The molecule has 0 spiro atoms. The number of nitrogens with zero attached hydrogens (tertiary/aromatic N) is 2. The van der Waals surface area contributed by atoms with E-state index in [1.165, 1.54) is 63.4 Å². The summed E-state index contributed by atoms with van der Waals surface area (Å²) in [5, 5.41) is 0. The fourth-order valence-electron chi connectivity index (χ4n) is 4.52. The Morgan fingerprint density at radius 1 is 0.969 bits per heavy atom. The molecule has 3 rings (SSSR count). The monoisotopic (exact) mass is 436 g/mol. The minimum atomic E-state index is 0.607. The fraction of sp³-hybridized carbons (Fsp3) is 0.655. The third kappa shape index (κ3) is 8.22. The lowest BCUT2D eigenvalue weighted by molar-refractivity contribution is 0.275. The highest BCUT2D eigenvalue weighted by Crippen LogP contribution is 2.54. The number of hydrogen-bond donors (Lipinski definition) is 0. The Morgan fingerprint density at radius 2 is 1.62 bits per heavy atom. The second kappa shape index (κ2) is 12.4. The minimum Gasteiger partial charge on any atom is -0.494 e. The van der Waals surface area contributed by atoms with Crippen LogP contribution in [0.5, 0.6) is 5.75 Å². The third-order valence-electron chi connectivity index (χ3n) is 7.24. The van der Waals surface area contributed by atoms with E-state index in [4.69, 9.17) is 4.74 Å². The largest absolute Gasteiger partial charge is 0.494 e. The van der Waals surface area contributed by atoms with Crippen molar-refractivity contribution < 1.29 is 4.74 Å². The lowest BCUT2D eigenvalue weighted by atomic mass is 9.98. The van der Waals surface area contributed by atoms with E-state index < -0.39 is 0 Å². The molecule has 0 bridgehead atoms. The number of rotatable bonds is 15. The third-order valence-corrected chi connectivity index (χ3v) is 7.24. The predicted molar refractivity (Wildman–Crippen MR) is 135 cm³/mol. The zero-order valence-electron chi connectivity index (χ0n) is 20.9. The van der Waals surface area contributed by atoms with Crippen molar-refractivity contribution in [2.45, 2.75) is 98.3 Å². The molecule has 1 aliphatic rings. The molecule has 0 radical (unpaired) electrons. The summed E-state index contributed by atoms with van der Waals surface area (Å²) >= 11 is 0. The average Bonchev–Trinajstić information content (AvgIpc) is 3.42. The molecule has 2 atom stereocenters. The lowest BCUT2D eigenvalue weighted by Gasteiger charge is -2.13. The summed E-state index contributed by atoms with van der Waals surface area (Å²) in [5.74, 6) is 3.41. The number of aryl methyl sites for hydroxylation is 1. The van der Waals surface area contributed by atoms with E-state index in [-0.39, 0.29) is 0 Å². The highest BCUT2D eigenvalue weighted by molar-refractivity contribution is 5.55. The van der Waals surface area contributed by atoms with Gasteiger partial charge in [-0.1, -0.05) is 66.2 Å². The van der Waals surface area contributed by atoms with Crippen LogP contribution >= 0.6 is 0 Å². The van der Waals surface area contributed by atoms with Gasteiger partial charge >= 0.3 is 0 Å². The number of benzene rings is 1. The first-order valence-electron chi connectivity index (χ1n) is 13.0. The van der Waals surface area contributed by atoms with Crippen LogP contribution in [0.2, 0.25) is 0 Å². The molecule has 2 unspecified atom stereocenters. The van der Waals surface area contributed by atoms with E-state index in [2.05, 4.69) is 49.8 Å². The highest BCUT2D eigenvalue weighted by atomic mass is 16.5. The summed E-state index contributed by atoms with van der Waals surface area (Å²) in [4.78, 5) is 9.18. The van der Waals surface area contributed by atoms with E-state index in [0.717, 1.165) is 48.4 Å². The Labute approximate surface area is 196 Å². The van der Waals surface area contributed by atoms with Gasteiger partial charge in [-0.15, -0.1) is 0 Å². The van der Waals surface area contributed by atoms with E-state index >= 15 is 0 Å². The van der Waals surface area contributed by atoms with Gasteiger partial charge < -0.3 is 4.74 Å². The van der Waals surface area contributed by atoms with Crippen molar-refractivity contribution in [3.63, 3.8) is 0 Å². The number of unbranched alkanes of at least 4 members (excludes halogenated alkanes) is 5. The summed E-state index contributed by atoms with van der Waals surface area (Å²) < 4.78 is 5.99. The zero-order chi connectivity index (χ0) is 22.8. The summed E-state index contributed by atoms with van der Waals surface area (Å²) in [5.41, 5.74) is 2.89. The molecule has 176 valence electrons. The molecule has 0 saturated heterocycles. The zero-order valence-corrected chi connectivity index (χ0v) is 20.9. The van der Waals surface area contributed by atoms with Crippen LogP contribution in [0, 0.1) is 17.3 Å². The van der Waals surface area contributed by atoms with Gasteiger partial charge in [0.05, 0.1) is 6.61 Å². The Hall–Kier alpha value is -1.90. The average molecular weight is 437 g/mol. The van der Waals surface area contributed by atoms with Gasteiger partial charge in [-0.25, -0.2) is 9.97 Å².